The summed E-state index contributed by atoms with van der Waals surface area (Å²) in [6.07, 6.45) is 6.67. The van der Waals surface area contributed by atoms with Gasteiger partial charge in [0.1, 0.15) is 18.1 Å². The second kappa shape index (κ2) is 8.25. The first-order valence-corrected chi connectivity index (χ1v) is 6.86. The fourth-order valence-corrected chi connectivity index (χ4v) is 1.80. The molecular weight excluding hydrogens is 292 g/mol. The number of hydrogen-bond donors (Lipinski definition) is 1. The highest BCUT2D eigenvalue weighted by Gasteiger charge is 2.04. The van der Waals surface area contributed by atoms with Crippen molar-refractivity contribution in [2.24, 2.45) is 5.10 Å². The number of methoxy groups -OCH3 is 1. The number of ether oxygens (including phenoxy) is 2. The molecule has 0 unspecified atom stereocenters. The SMILES string of the molecule is C#CCOc1cccc(/C=N/NC(=O)c2cccc(OC)c2)c1. The number of benzene rings is 2. The average molecular weight is 308 g/mol. The van der Waals surface area contributed by atoms with Crippen molar-refractivity contribution >= 4 is 12.1 Å². The summed E-state index contributed by atoms with van der Waals surface area (Å²) in [6, 6.07) is 14.1. The molecule has 116 valence electrons. The van der Waals surface area contributed by atoms with E-state index in [-0.39, 0.29) is 12.5 Å². The number of carbonyl (C=O) groups is 1. The van der Waals surface area contributed by atoms with E-state index in [0.29, 0.717) is 17.1 Å². The standard InChI is InChI=1S/C18H16N2O3/c1-3-10-23-17-9-4-6-14(11-17)13-19-20-18(21)15-7-5-8-16(12-15)22-2/h1,4-9,11-13H,10H2,2H3,(H,20,21)/b19-13+. The lowest BCUT2D eigenvalue weighted by atomic mass is 10.2. The van der Waals surface area contributed by atoms with Gasteiger partial charge in [0.2, 0.25) is 0 Å². The summed E-state index contributed by atoms with van der Waals surface area (Å²) < 4.78 is 10.4. The summed E-state index contributed by atoms with van der Waals surface area (Å²) in [5.74, 6) is 3.33. The zero-order valence-electron chi connectivity index (χ0n) is 12.7. The van der Waals surface area contributed by atoms with Gasteiger partial charge in [-0.3, -0.25) is 4.79 Å². The number of hydrazone groups is 1. The van der Waals surface area contributed by atoms with E-state index in [0.717, 1.165) is 5.56 Å². The summed E-state index contributed by atoms with van der Waals surface area (Å²) in [5, 5.41) is 3.93. The summed E-state index contributed by atoms with van der Waals surface area (Å²) >= 11 is 0. The van der Waals surface area contributed by atoms with E-state index in [1.807, 2.05) is 12.1 Å². The minimum absolute atomic E-state index is 0.202. The second-order valence-corrected chi connectivity index (χ2v) is 4.50. The maximum absolute atomic E-state index is 12.0. The Hall–Kier alpha value is -3.26. The smallest absolute Gasteiger partial charge is 0.271 e. The number of carbonyl (C=O) groups excluding carboxylic acids is 1. The van der Waals surface area contributed by atoms with Crippen LogP contribution in [0.2, 0.25) is 0 Å². The van der Waals surface area contributed by atoms with Crippen LogP contribution in [-0.4, -0.2) is 25.8 Å². The second-order valence-electron chi connectivity index (χ2n) is 4.50. The number of amides is 1. The molecule has 5 nitrogen and oxygen atoms in total. The molecule has 2 aromatic rings. The van der Waals surface area contributed by atoms with Gasteiger partial charge in [0.15, 0.2) is 0 Å². The highest BCUT2D eigenvalue weighted by Crippen LogP contribution is 2.13. The molecule has 0 saturated carbocycles. The molecule has 0 atom stereocenters. The molecule has 1 N–H and O–H groups in total. The zero-order valence-corrected chi connectivity index (χ0v) is 12.7. The molecule has 0 fully saturated rings. The fourth-order valence-electron chi connectivity index (χ4n) is 1.80. The number of nitrogens with one attached hydrogen (secondary N) is 1. The van der Waals surface area contributed by atoms with Crippen molar-refractivity contribution in [3.63, 3.8) is 0 Å². The van der Waals surface area contributed by atoms with Crippen LogP contribution in [0.25, 0.3) is 0 Å². The zero-order chi connectivity index (χ0) is 16.5. The van der Waals surface area contributed by atoms with Crippen LogP contribution in [-0.2, 0) is 0 Å². The maximum atomic E-state index is 12.0. The molecule has 0 aliphatic carbocycles. The monoisotopic (exact) mass is 308 g/mol. The molecule has 0 aromatic heterocycles. The number of nitrogens with zero attached hydrogens (tertiary/aromatic N) is 1. The third-order valence-corrected chi connectivity index (χ3v) is 2.89. The van der Waals surface area contributed by atoms with E-state index < -0.39 is 0 Å². The van der Waals surface area contributed by atoms with E-state index in [9.17, 15) is 4.79 Å². The van der Waals surface area contributed by atoms with E-state index in [1.54, 1.807) is 43.5 Å². The van der Waals surface area contributed by atoms with Crippen LogP contribution in [0.3, 0.4) is 0 Å². The number of terminal acetylenes is 1. The molecule has 1 amide bonds. The normalized spacial score (nSPS) is 10.1. The first kappa shape index (κ1) is 16.1. The van der Waals surface area contributed by atoms with Crippen molar-refractivity contribution < 1.29 is 14.3 Å². The van der Waals surface area contributed by atoms with Crippen LogP contribution in [0.5, 0.6) is 11.5 Å². The highest BCUT2D eigenvalue weighted by molar-refractivity contribution is 5.95. The van der Waals surface area contributed by atoms with Gasteiger partial charge in [-0.25, -0.2) is 5.43 Å². The number of rotatable bonds is 6. The van der Waals surface area contributed by atoms with Crippen molar-refractivity contribution in [3.05, 3.63) is 59.7 Å². The van der Waals surface area contributed by atoms with Gasteiger partial charge in [-0.2, -0.15) is 5.10 Å². The van der Waals surface area contributed by atoms with Crippen molar-refractivity contribution in [2.75, 3.05) is 13.7 Å². The Labute approximate surface area is 134 Å². The largest absolute Gasteiger partial charge is 0.497 e. The predicted octanol–water partition coefficient (Wildman–Crippen LogP) is 2.47. The third kappa shape index (κ3) is 4.90. The molecule has 0 aliphatic heterocycles. The van der Waals surface area contributed by atoms with Gasteiger partial charge >= 0.3 is 0 Å². The summed E-state index contributed by atoms with van der Waals surface area (Å²) in [6.45, 7) is 0.202. The van der Waals surface area contributed by atoms with Crippen LogP contribution < -0.4 is 14.9 Å². The third-order valence-electron chi connectivity index (χ3n) is 2.89. The molecule has 2 aromatic carbocycles. The highest BCUT2D eigenvalue weighted by atomic mass is 16.5. The summed E-state index contributed by atoms with van der Waals surface area (Å²) in [4.78, 5) is 12.0. The quantitative estimate of drug-likeness (QED) is 0.506. The molecule has 0 saturated heterocycles. The van der Waals surface area contributed by atoms with E-state index in [4.69, 9.17) is 15.9 Å². The Bertz CT molecular complexity index is 748. The molecule has 0 aliphatic rings. The van der Waals surface area contributed by atoms with Gasteiger partial charge < -0.3 is 9.47 Å². The molecule has 0 spiro atoms. The molecule has 5 heteroatoms. The molecule has 0 radical (unpaired) electrons. The predicted molar refractivity (Wildman–Crippen MR) is 88.8 cm³/mol. The van der Waals surface area contributed by atoms with Gasteiger partial charge in [-0.05, 0) is 35.9 Å². The molecule has 23 heavy (non-hydrogen) atoms. The summed E-state index contributed by atoms with van der Waals surface area (Å²) in [5.41, 5.74) is 3.71. The lowest BCUT2D eigenvalue weighted by Gasteiger charge is -2.04. The Balaban J connectivity index is 1.98. The lowest BCUT2D eigenvalue weighted by Crippen LogP contribution is -2.17. The Morgan fingerprint density at radius 2 is 2.04 bits per heavy atom. The fraction of sp³-hybridized carbons (Fsp3) is 0.111. The summed E-state index contributed by atoms with van der Waals surface area (Å²) in [7, 11) is 1.55. The van der Waals surface area contributed by atoms with Crippen LogP contribution in [0.4, 0.5) is 0 Å². The number of hydrogen-bond acceptors (Lipinski definition) is 4. The van der Waals surface area contributed by atoms with Crippen LogP contribution in [0, 0.1) is 12.3 Å². The van der Waals surface area contributed by atoms with Gasteiger partial charge in [0.05, 0.1) is 13.3 Å². The lowest BCUT2D eigenvalue weighted by molar-refractivity contribution is 0.0955. The van der Waals surface area contributed by atoms with E-state index in [2.05, 4.69) is 16.4 Å². The Morgan fingerprint density at radius 3 is 2.83 bits per heavy atom. The molecule has 0 heterocycles. The topological polar surface area (TPSA) is 59.9 Å². The minimum atomic E-state index is -0.320. The van der Waals surface area contributed by atoms with Gasteiger partial charge in [-0.15, -0.1) is 6.42 Å². The first-order chi connectivity index (χ1) is 11.2. The van der Waals surface area contributed by atoms with Crippen molar-refractivity contribution in [1.29, 1.82) is 0 Å². The maximum Gasteiger partial charge on any atom is 0.271 e. The Morgan fingerprint density at radius 1 is 1.26 bits per heavy atom. The van der Waals surface area contributed by atoms with Crippen molar-refractivity contribution in [3.8, 4) is 23.8 Å². The van der Waals surface area contributed by atoms with Gasteiger partial charge in [0.25, 0.3) is 5.91 Å². The van der Waals surface area contributed by atoms with Crippen molar-refractivity contribution in [1.82, 2.24) is 5.43 Å². The van der Waals surface area contributed by atoms with E-state index >= 15 is 0 Å². The minimum Gasteiger partial charge on any atom is -0.497 e. The van der Waals surface area contributed by atoms with Crippen LogP contribution in [0.15, 0.2) is 53.6 Å². The van der Waals surface area contributed by atoms with Crippen molar-refractivity contribution in [2.45, 2.75) is 0 Å². The van der Waals surface area contributed by atoms with Gasteiger partial charge in [0, 0.05) is 5.56 Å². The first-order valence-electron chi connectivity index (χ1n) is 6.86. The molecular formula is C18H16N2O3. The molecule has 2 rings (SSSR count). The average Bonchev–Trinajstić information content (AvgIpc) is 2.60. The van der Waals surface area contributed by atoms with Crippen LogP contribution >= 0.6 is 0 Å². The Kier molecular flexibility index (Phi) is 5.78. The van der Waals surface area contributed by atoms with E-state index in [1.165, 1.54) is 6.21 Å². The van der Waals surface area contributed by atoms with Gasteiger partial charge in [-0.1, -0.05) is 24.1 Å². The molecule has 0 bridgehead atoms. The van der Waals surface area contributed by atoms with Crippen LogP contribution in [0.1, 0.15) is 15.9 Å².